The minimum absolute atomic E-state index is 0.0190. The first-order chi connectivity index (χ1) is 12.3. The number of carbonyl (C=O) groups is 2. The van der Waals surface area contributed by atoms with Gasteiger partial charge >= 0.3 is 5.97 Å². The summed E-state index contributed by atoms with van der Waals surface area (Å²) in [6, 6.07) is 4.82. The van der Waals surface area contributed by atoms with Crippen molar-refractivity contribution in [1.82, 2.24) is 9.62 Å². The lowest BCUT2D eigenvalue weighted by atomic mass is 10.2. The lowest BCUT2D eigenvalue weighted by molar-refractivity contribution is -0.151. The summed E-state index contributed by atoms with van der Waals surface area (Å²) in [6.07, 6.45) is 1.67. The van der Waals surface area contributed by atoms with Crippen molar-refractivity contribution < 1.29 is 22.7 Å². The predicted octanol–water partition coefficient (Wildman–Crippen LogP) is 1.95. The maximum absolute atomic E-state index is 12.8. The van der Waals surface area contributed by atoms with Crippen LogP contribution in [0.15, 0.2) is 29.2 Å². The van der Waals surface area contributed by atoms with Crippen LogP contribution >= 0.6 is 11.6 Å². The van der Waals surface area contributed by atoms with Crippen molar-refractivity contribution in [2.24, 2.45) is 0 Å². The van der Waals surface area contributed by atoms with Crippen LogP contribution in [0.2, 0.25) is 5.02 Å². The zero-order valence-corrected chi connectivity index (χ0v) is 16.3. The van der Waals surface area contributed by atoms with E-state index in [1.807, 2.05) is 13.8 Å². The molecule has 1 amide bonds. The first-order valence-corrected chi connectivity index (χ1v) is 10.3. The van der Waals surface area contributed by atoms with Crippen LogP contribution in [0.1, 0.15) is 33.1 Å². The molecular formula is C17H23ClN2O5S. The van der Waals surface area contributed by atoms with Crippen LogP contribution in [-0.4, -0.2) is 49.8 Å². The van der Waals surface area contributed by atoms with Crippen molar-refractivity contribution >= 4 is 33.5 Å². The maximum Gasteiger partial charge on any atom is 0.324 e. The van der Waals surface area contributed by atoms with Crippen molar-refractivity contribution in [2.75, 3.05) is 13.2 Å². The molecule has 1 saturated heterocycles. The Morgan fingerprint density at radius 1 is 1.35 bits per heavy atom. The van der Waals surface area contributed by atoms with E-state index in [2.05, 4.69) is 5.32 Å². The van der Waals surface area contributed by atoms with Crippen molar-refractivity contribution in [3.05, 3.63) is 29.3 Å². The molecule has 1 aliphatic rings. The molecular weight excluding hydrogens is 380 g/mol. The molecule has 0 aromatic heterocycles. The SMILES string of the molecule is CC[C@H](C)NC(=O)COC(=O)[C@@H]1CCCN1S(=O)(=O)c1ccc(Cl)cc1. The molecule has 1 aromatic carbocycles. The Labute approximate surface area is 158 Å². The van der Waals surface area contributed by atoms with E-state index in [-0.39, 0.29) is 17.5 Å². The van der Waals surface area contributed by atoms with Gasteiger partial charge in [0.15, 0.2) is 6.61 Å². The topological polar surface area (TPSA) is 92.8 Å². The molecule has 1 aliphatic heterocycles. The minimum atomic E-state index is -3.84. The third-order valence-electron chi connectivity index (χ3n) is 4.26. The number of rotatable bonds is 7. The number of amides is 1. The summed E-state index contributed by atoms with van der Waals surface area (Å²) in [7, 11) is -3.84. The van der Waals surface area contributed by atoms with E-state index < -0.39 is 34.5 Å². The molecule has 0 unspecified atom stereocenters. The van der Waals surface area contributed by atoms with Crippen LogP contribution < -0.4 is 5.32 Å². The second kappa shape index (κ2) is 8.83. The number of benzene rings is 1. The van der Waals surface area contributed by atoms with E-state index in [0.717, 1.165) is 10.7 Å². The zero-order valence-electron chi connectivity index (χ0n) is 14.8. The first-order valence-electron chi connectivity index (χ1n) is 8.49. The first kappa shape index (κ1) is 20.7. The molecule has 0 aliphatic carbocycles. The van der Waals surface area contributed by atoms with Gasteiger partial charge in [0.25, 0.3) is 5.91 Å². The molecule has 1 aromatic rings. The molecule has 0 radical (unpaired) electrons. The Morgan fingerprint density at radius 3 is 2.62 bits per heavy atom. The minimum Gasteiger partial charge on any atom is -0.454 e. The van der Waals surface area contributed by atoms with E-state index in [9.17, 15) is 18.0 Å². The van der Waals surface area contributed by atoms with Crippen LogP contribution in [0, 0.1) is 0 Å². The maximum atomic E-state index is 12.8. The number of hydrogen-bond donors (Lipinski definition) is 1. The van der Waals surface area contributed by atoms with Crippen molar-refractivity contribution in [1.29, 1.82) is 0 Å². The normalized spacial score (nSPS) is 19.1. The number of halogens is 1. The van der Waals surface area contributed by atoms with Crippen LogP contribution in [-0.2, 0) is 24.3 Å². The van der Waals surface area contributed by atoms with Crippen LogP contribution in [0.5, 0.6) is 0 Å². The molecule has 26 heavy (non-hydrogen) atoms. The fourth-order valence-electron chi connectivity index (χ4n) is 2.66. The monoisotopic (exact) mass is 402 g/mol. The average molecular weight is 403 g/mol. The fourth-order valence-corrected chi connectivity index (χ4v) is 4.43. The molecule has 0 spiro atoms. The van der Waals surface area contributed by atoms with Gasteiger partial charge in [-0.2, -0.15) is 4.31 Å². The molecule has 2 atom stereocenters. The van der Waals surface area contributed by atoms with E-state index in [1.54, 1.807) is 0 Å². The highest BCUT2D eigenvalue weighted by Crippen LogP contribution is 2.27. The van der Waals surface area contributed by atoms with Gasteiger partial charge in [-0.1, -0.05) is 18.5 Å². The number of carbonyl (C=O) groups excluding carboxylic acids is 2. The molecule has 0 bridgehead atoms. The fraction of sp³-hybridized carbons (Fsp3) is 0.529. The summed E-state index contributed by atoms with van der Waals surface area (Å²) in [4.78, 5) is 24.1. The van der Waals surface area contributed by atoms with Crippen molar-refractivity contribution in [3.63, 3.8) is 0 Å². The smallest absolute Gasteiger partial charge is 0.324 e. The van der Waals surface area contributed by atoms with Gasteiger partial charge in [-0.25, -0.2) is 8.42 Å². The number of hydrogen-bond acceptors (Lipinski definition) is 5. The van der Waals surface area contributed by atoms with Gasteiger partial charge in [0.2, 0.25) is 10.0 Å². The van der Waals surface area contributed by atoms with Crippen LogP contribution in [0.3, 0.4) is 0 Å². The van der Waals surface area contributed by atoms with Gasteiger partial charge in [0.1, 0.15) is 6.04 Å². The summed E-state index contributed by atoms with van der Waals surface area (Å²) in [5, 5.41) is 3.11. The summed E-state index contributed by atoms with van der Waals surface area (Å²) >= 11 is 5.80. The van der Waals surface area contributed by atoms with Gasteiger partial charge in [-0.15, -0.1) is 0 Å². The van der Waals surface area contributed by atoms with Gasteiger partial charge in [0, 0.05) is 17.6 Å². The van der Waals surface area contributed by atoms with E-state index in [0.29, 0.717) is 17.9 Å². The number of nitrogens with zero attached hydrogens (tertiary/aromatic N) is 1. The zero-order chi connectivity index (χ0) is 19.3. The largest absolute Gasteiger partial charge is 0.454 e. The number of ether oxygens (including phenoxy) is 1. The van der Waals surface area contributed by atoms with Crippen LogP contribution in [0.4, 0.5) is 0 Å². The second-order valence-corrected chi connectivity index (χ2v) is 8.54. The molecule has 7 nitrogen and oxygen atoms in total. The van der Waals surface area contributed by atoms with Gasteiger partial charge < -0.3 is 10.1 Å². The van der Waals surface area contributed by atoms with E-state index in [4.69, 9.17) is 16.3 Å². The van der Waals surface area contributed by atoms with Crippen molar-refractivity contribution in [3.8, 4) is 0 Å². The lowest BCUT2D eigenvalue weighted by Crippen LogP contribution is -2.43. The highest BCUT2D eigenvalue weighted by Gasteiger charge is 2.40. The quantitative estimate of drug-likeness (QED) is 0.703. The molecule has 1 heterocycles. The lowest BCUT2D eigenvalue weighted by Gasteiger charge is -2.22. The Morgan fingerprint density at radius 2 is 2.00 bits per heavy atom. The van der Waals surface area contributed by atoms with Gasteiger partial charge in [0.05, 0.1) is 4.90 Å². The number of esters is 1. The van der Waals surface area contributed by atoms with Gasteiger partial charge in [-0.05, 0) is 50.5 Å². The average Bonchev–Trinajstić information content (AvgIpc) is 3.10. The third kappa shape index (κ3) is 4.96. The Bertz CT molecular complexity index is 751. The molecule has 0 saturated carbocycles. The van der Waals surface area contributed by atoms with Crippen LogP contribution in [0.25, 0.3) is 0 Å². The molecule has 2 rings (SSSR count). The summed E-state index contributed by atoms with van der Waals surface area (Å²) in [5.74, 6) is -1.11. The second-order valence-electron chi connectivity index (χ2n) is 6.21. The number of nitrogens with one attached hydrogen (secondary N) is 1. The summed E-state index contributed by atoms with van der Waals surface area (Å²) < 4.78 is 31.7. The Kier molecular flexibility index (Phi) is 7.02. The molecule has 1 N–H and O–H groups in total. The van der Waals surface area contributed by atoms with E-state index in [1.165, 1.54) is 24.3 Å². The summed E-state index contributed by atoms with van der Waals surface area (Å²) in [5.41, 5.74) is 0. The highest BCUT2D eigenvalue weighted by molar-refractivity contribution is 7.89. The highest BCUT2D eigenvalue weighted by atomic mass is 35.5. The van der Waals surface area contributed by atoms with E-state index >= 15 is 0 Å². The number of sulfonamides is 1. The summed E-state index contributed by atoms with van der Waals surface area (Å²) in [6.45, 7) is 3.57. The Hall–Kier alpha value is -1.64. The molecule has 1 fully saturated rings. The van der Waals surface area contributed by atoms with Crippen molar-refractivity contribution in [2.45, 2.75) is 50.1 Å². The predicted molar refractivity (Wildman–Crippen MR) is 97.2 cm³/mol. The molecule has 9 heteroatoms. The van der Waals surface area contributed by atoms with Gasteiger partial charge in [-0.3, -0.25) is 9.59 Å². The molecule has 144 valence electrons. The third-order valence-corrected chi connectivity index (χ3v) is 6.44. The Balaban J connectivity index is 2.03. The standard InChI is InChI=1S/C17H23ClN2O5S/c1-3-12(2)19-16(21)11-25-17(22)15-5-4-10-20(15)26(23,24)14-8-6-13(18)7-9-14/h6-9,12,15H,3-5,10-11H2,1-2H3,(H,19,21)/t12-,15-/m0/s1.